The minimum Gasteiger partial charge on any atom is -0.478 e. The number of carboxylic acid groups (broad SMARTS) is 1. The molecule has 134 valence electrons. The van der Waals surface area contributed by atoms with Crippen LogP contribution >= 0.6 is 11.3 Å². The fraction of sp³-hybridized carbons (Fsp3) is 0.500. The van der Waals surface area contributed by atoms with E-state index in [1.165, 1.54) is 17.4 Å². The van der Waals surface area contributed by atoms with Crippen molar-refractivity contribution >= 4 is 29.5 Å². The first-order chi connectivity index (χ1) is 11.1. The topological polar surface area (TPSA) is 116 Å². The third kappa shape index (κ3) is 7.58. The van der Waals surface area contributed by atoms with E-state index in [1.54, 1.807) is 32.2 Å². The molecule has 7 nitrogen and oxygen atoms in total. The molecule has 0 aromatic carbocycles. The molecule has 0 bridgehead atoms. The maximum Gasteiger partial charge on any atom is 0.407 e. The molecule has 0 aliphatic heterocycles. The van der Waals surface area contributed by atoms with Crippen LogP contribution in [0.5, 0.6) is 0 Å². The molecule has 0 fully saturated rings. The highest BCUT2D eigenvalue weighted by Crippen LogP contribution is 2.25. The molecule has 0 aliphatic carbocycles. The summed E-state index contributed by atoms with van der Waals surface area (Å²) in [5.74, 6) is -1.06. The lowest BCUT2D eigenvalue weighted by molar-refractivity contribution is -0.131. The van der Waals surface area contributed by atoms with Gasteiger partial charge in [-0.15, -0.1) is 11.3 Å². The Morgan fingerprint density at radius 1 is 1.38 bits per heavy atom. The van der Waals surface area contributed by atoms with Crippen LogP contribution in [-0.2, 0) is 9.53 Å². The Bertz CT molecular complexity index is 590. The first-order valence-electron chi connectivity index (χ1n) is 7.41. The van der Waals surface area contributed by atoms with Crippen LogP contribution in [0, 0.1) is 0 Å². The molecule has 1 aromatic heterocycles. The maximum atomic E-state index is 11.5. The number of hydrogen-bond donors (Lipinski definition) is 4. The molecule has 0 aliphatic rings. The van der Waals surface area contributed by atoms with Gasteiger partial charge in [-0.25, -0.2) is 9.59 Å². The van der Waals surface area contributed by atoms with Gasteiger partial charge >= 0.3 is 12.1 Å². The number of carbonyl (C=O) groups is 2. The van der Waals surface area contributed by atoms with Gasteiger partial charge in [-0.2, -0.15) is 0 Å². The Balaban J connectivity index is 2.46. The van der Waals surface area contributed by atoms with Crippen LogP contribution in [0.2, 0.25) is 0 Å². The Kier molecular flexibility index (Phi) is 7.40. The lowest BCUT2D eigenvalue weighted by atomic mass is 10.0. The second-order valence-corrected chi connectivity index (χ2v) is 7.13. The summed E-state index contributed by atoms with van der Waals surface area (Å²) in [4.78, 5) is 22.6. The van der Waals surface area contributed by atoms with Gasteiger partial charge in [0.25, 0.3) is 0 Å². The van der Waals surface area contributed by atoms with Crippen LogP contribution in [0.15, 0.2) is 17.5 Å². The highest BCUT2D eigenvalue weighted by atomic mass is 32.1. The molecule has 0 spiro atoms. The van der Waals surface area contributed by atoms with Gasteiger partial charge in [0.15, 0.2) is 0 Å². The Hall–Kier alpha value is -1.90. The normalized spacial score (nSPS) is 14.4. The van der Waals surface area contributed by atoms with Crippen LogP contribution < -0.4 is 5.32 Å². The summed E-state index contributed by atoms with van der Waals surface area (Å²) in [7, 11) is 0. The average molecular weight is 357 g/mol. The minimum atomic E-state index is -1.12. The molecule has 2 unspecified atom stereocenters. The molecule has 8 heteroatoms. The van der Waals surface area contributed by atoms with Crippen molar-refractivity contribution in [1.82, 2.24) is 5.32 Å². The maximum absolute atomic E-state index is 11.5. The van der Waals surface area contributed by atoms with E-state index in [0.717, 1.165) is 6.08 Å². The molecule has 1 amide bonds. The molecule has 0 saturated heterocycles. The van der Waals surface area contributed by atoms with Crippen molar-refractivity contribution in [2.24, 2.45) is 0 Å². The Morgan fingerprint density at radius 3 is 2.62 bits per heavy atom. The van der Waals surface area contributed by atoms with Crippen molar-refractivity contribution in [3.05, 3.63) is 28.0 Å². The van der Waals surface area contributed by atoms with Gasteiger partial charge in [-0.1, -0.05) is 0 Å². The summed E-state index contributed by atoms with van der Waals surface area (Å²) in [5.41, 5.74) is -0.103. The molecule has 1 rings (SSSR count). The van der Waals surface area contributed by atoms with E-state index < -0.39 is 29.9 Å². The van der Waals surface area contributed by atoms with Crippen molar-refractivity contribution in [2.75, 3.05) is 6.54 Å². The number of aliphatic carboxylic acids is 1. The lowest BCUT2D eigenvalue weighted by Gasteiger charge is -2.21. The van der Waals surface area contributed by atoms with Crippen molar-refractivity contribution < 1.29 is 29.6 Å². The summed E-state index contributed by atoms with van der Waals surface area (Å²) in [6, 6.07) is 1.61. The number of alkyl carbamates (subject to hydrolysis) is 1. The molecule has 2 atom stereocenters. The van der Waals surface area contributed by atoms with Gasteiger partial charge in [0.2, 0.25) is 0 Å². The SMILES string of the molecule is CC(C)(C)OC(=O)NCCC(O)C(O)c1csc(/C=C/C(=O)O)c1. The van der Waals surface area contributed by atoms with Crippen molar-refractivity contribution in [3.63, 3.8) is 0 Å². The number of ether oxygens (including phenoxy) is 1. The molecular formula is C16H23NO6S. The van der Waals surface area contributed by atoms with Gasteiger partial charge in [0.1, 0.15) is 11.7 Å². The zero-order valence-electron chi connectivity index (χ0n) is 13.9. The molecule has 0 saturated carbocycles. The summed E-state index contributed by atoms with van der Waals surface area (Å²) < 4.78 is 5.07. The fourth-order valence-corrected chi connectivity index (χ4v) is 2.61. The van der Waals surface area contributed by atoms with E-state index >= 15 is 0 Å². The van der Waals surface area contributed by atoms with E-state index in [4.69, 9.17) is 9.84 Å². The van der Waals surface area contributed by atoms with Crippen molar-refractivity contribution in [3.8, 4) is 0 Å². The second kappa shape index (κ2) is 8.81. The molecule has 1 aromatic rings. The highest BCUT2D eigenvalue weighted by molar-refractivity contribution is 7.11. The zero-order valence-corrected chi connectivity index (χ0v) is 14.7. The zero-order chi connectivity index (χ0) is 18.3. The molecule has 0 radical (unpaired) electrons. The monoisotopic (exact) mass is 357 g/mol. The number of aliphatic hydroxyl groups is 2. The third-order valence-electron chi connectivity index (χ3n) is 2.84. The number of hydrogen-bond acceptors (Lipinski definition) is 6. The quantitative estimate of drug-likeness (QED) is 0.556. The first kappa shape index (κ1) is 20.1. The van der Waals surface area contributed by atoms with E-state index in [2.05, 4.69) is 5.32 Å². The summed E-state index contributed by atoms with van der Waals surface area (Å²) in [5, 5.41) is 32.8. The van der Waals surface area contributed by atoms with Crippen LogP contribution in [-0.4, -0.2) is 45.6 Å². The molecule has 4 N–H and O–H groups in total. The minimum absolute atomic E-state index is 0.149. The van der Waals surface area contributed by atoms with Crippen molar-refractivity contribution in [2.45, 2.75) is 45.0 Å². The molecular weight excluding hydrogens is 334 g/mol. The summed E-state index contributed by atoms with van der Waals surface area (Å²) in [6.45, 7) is 5.40. The Morgan fingerprint density at radius 2 is 2.04 bits per heavy atom. The van der Waals surface area contributed by atoms with E-state index in [-0.39, 0.29) is 13.0 Å². The van der Waals surface area contributed by atoms with E-state index in [0.29, 0.717) is 10.4 Å². The fourth-order valence-electron chi connectivity index (χ4n) is 1.78. The van der Waals surface area contributed by atoms with Gasteiger partial charge in [0.05, 0.1) is 6.10 Å². The Labute approximate surface area is 144 Å². The van der Waals surface area contributed by atoms with Crippen LogP contribution in [0.25, 0.3) is 6.08 Å². The third-order valence-corrected chi connectivity index (χ3v) is 3.76. The summed E-state index contributed by atoms with van der Waals surface area (Å²) >= 11 is 1.26. The largest absolute Gasteiger partial charge is 0.478 e. The number of aliphatic hydroxyl groups excluding tert-OH is 2. The van der Waals surface area contributed by atoms with Gasteiger partial charge in [-0.3, -0.25) is 0 Å². The average Bonchev–Trinajstić information content (AvgIpc) is 2.91. The highest BCUT2D eigenvalue weighted by Gasteiger charge is 2.20. The smallest absolute Gasteiger partial charge is 0.407 e. The number of rotatable bonds is 7. The predicted molar refractivity (Wildman–Crippen MR) is 90.8 cm³/mol. The number of carboxylic acids is 1. The molecule has 1 heterocycles. The predicted octanol–water partition coefficient (Wildman–Crippen LogP) is 2.15. The van der Waals surface area contributed by atoms with Gasteiger partial charge < -0.3 is 25.4 Å². The van der Waals surface area contributed by atoms with E-state index in [9.17, 15) is 19.8 Å². The first-order valence-corrected chi connectivity index (χ1v) is 8.29. The van der Waals surface area contributed by atoms with Gasteiger partial charge in [-0.05, 0) is 50.3 Å². The van der Waals surface area contributed by atoms with Crippen LogP contribution in [0.4, 0.5) is 4.79 Å². The second-order valence-electron chi connectivity index (χ2n) is 6.18. The number of carbonyl (C=O) groups excluding carboxylic acids is 1. The number of nitrogens with one attached hydrogen (secondary N) is 1. The standard InChI is InChI=1S/C16H23NO6S/c1-16(2,3)23-15(22)17-7-6-12(18)14(21)10-8-11(24-9-10)4-5-13(19)20/h4-5,8-9,12,14,18,21H,6-7H2,1-3H3,(H,17,22)(H,19,20)/b5-4+. The van der Waals surface area contributed by atoms with Crippen LogP contribution in [0.1, 0.15) is 43.7 Å². The van der Waals surface area contributed by atoms with E-state index in [1.807, 2.05) is 0 Å². The lowest BCUT2D eigenvalue weighted by Crippen LogP contribution is -2.34. The van der Waals surface area contributed by atoms with Gasteiger partial charge in [0, 0.05) is 17.5 Å². The van der Waals surface area contributed by atoms with Crippen LogP contribution in [0.3, 0.4) is 0 Å². The van der Waals surface area contributed by atoms with Crippen molar-refractivity contribution in [1.29, 1.82) is 0 Å². The summed E-state index contributed by atoms with van der Waals surface area (Å²) in [6.07, 6.45) is -0.195. The number of amides is 1. The number of thiophene rings is 1. The molecule has 24 heavy (non-hydrogen) atoms.